The van der Waals surface area contributed by atoms with Crippen molar-refractivity contribution in [2.24, 2.45) is 5.73 Å². The molecule has 0 saturated carbocycles. The van der Waals surface area contributed by atoms with Gasteiger partial charge in [-0.25, -0.2) is 12.8 Å². The molecule has 2 fully saturated rings. The van der Waals surface area contributed by atoms with Crippen LogP contribution in [0.1, 0.15) is 19.4 Å². The minimum absolute atomic E-state index is 0.0609. The molecule has 2 heterocycles. The first-order valence-electron chi connectivity index (χ1n) is 11.2. The van der Waals surface area contributed by atoms with Crippen LogP contribution in [0.3, 0.4) is 0 Å². The zero-order valence-electron chi connectivity index (χ0n) is 19.8. The minimum atomic E-state index is -4.82. The first-order chi connectivity index (χ1) is 17.3. The van der Waals surface area contributed by atoms with Gasteiger partial charge in [0.15, 0.2) is 0 Å². The van der Waals surface area contributed by atoms with Gasteiger partial charge < -0.3 is 15.5 Å². The molecule has 2 aromatic rings. The number of amides is 3. The van der Waals surface area contributed by atoms with Gasteiger partial charge in [-0.15, -0.1) is 0 Å². The molecular formula is C24H23Cl2FN4O5S. The van der Waals surface area contributed by atoms with E-state index in [0.29, 0.717) is 14.9 Å². The summed E-state index contributed by atoms with van der Waals surface area (Å²) >= 11 is 11.9. The van der Waals surface area contributed by atoms with Crippen LogP contribution in [0.15, 0.2) is 47.4 Å². The number of halogens is 3. The average molecular weight is 569 g/mol. The van der Waals surface area contributed by atoms with E-state index in [4.69, 9.17) is 28.9 Å². The maximum Gasteiger partial charge on any atom is 0.261 e. The fourth-order valence-electron chi connectivity index (χ4n) is 4.67. The Morgan fingerprint density at radius 2 is 1.78 bits per heavy atom. The van der Waals surface area contributed by atoms with Crippen molar-refractivity contribution < 1.29 is 27.2 Å². The molecular weight excluding hydrogens is 546 g/mol. The van der Waals surface area contributed by atoms with Crippen LogP contribution in [0.2, 0.25) is 10.0 Å². The van der Waals surface area contributed by atoms with Gasteiger partial charge >= 0.3 is 0 Å². The summed E-state index contributed by atoms with van der Waals surface area (Å²) in [6.07, 6.45) is 2.32. The van der Waals surface area contributed by atoms with Crippen LogP contribution in [0.5, 0.6) is 0 Å². The Morgan fingerprint density at radius 1 is 1.16 bits per heavy atom. The smallest absolute Gasteiger partial charge is 0.261 e. The van der Waals surface area contributed by atoms with E-state index in [1.807, 2.05) is 0 Å². The number of nitrogens with two attached hydrogens (primary N) is 1. The van der Waals surface area contributed by atoms with Crippen molar-refractivity contribution in [1.29, 1.82) is 0 Å². The summed E-state index contributed by atoms with van der Waals surface area (Å²) in [6.45, 7) is 2.12. The molecule has 0 spiro atoms. The molecule has 2 unspecified atom stereocenters. The van der Waals surface area contributed by atoms with Crippen LogP contribution < -0.4 is 5.73 Å². The number of piperazine rings is 1. The molecule has 2 aromatic carbocycles. The fraction of sp³-hybridized carbons (Fsp3) is 0.333. The summed E-state index contributed by atoms with van der Waals surface area (Å²) in [6, 6.07) is 7.64. The molecule has 2 atom stereocenters. The van der Waals surface area contributed by atoms with Crippen molar-refractivity contribution in [2.45, 2.75) is 42.9 Å². The average Bonchev–Trinajstić information content (AvgIpc) is 2.83. The van der Waals surface area contributed by atoms with Crippen LogP contribution in [0.4, 0.5) is 4.39 Å². The van der Waals surface area contributed by atoms with Crippen LogP contribution in [0, 0.1) is 12.2 Å². The molecule has 2 N–H and O–H groups in total. The number of benzene rings is 2. The molecule has 196 valence electrons. The highest BCUT2D eigenvalue weighted by Crippen LogP contribution is 2.40. The molecule has 13 heteroatoms. The van der Waals surface area contributed by atoms with E-state index < -0.39 is 69.3 Å². The molecule has 0 bridgehead atoms. The minimum Gasteiger partial charge on any atom is -0.366 e. The highest BCUT2D eigenvalue weighted by atomic mass is 35.5. The lowest BCUT2D eigenvalue weighted by Crippen LogP contribution is -2.83. The summed E-state index contributed by atoms with van der Waals surface area (Å²) in [5.74, 6) is -3.69. The quantitative estimate of drug-likeness (QED) is 0.572. The predicted octanol–water partition coefficient (Wildman–Crippen LogP) is 2.09. The summed E-state index contributed by atoms with van der Waals surface area (Å²) in [5, 5.41) is 0.389. The Labute approximate surface area is 223 Å². The second-order valence-corrected chi connectivity index (χ2v) is 11.7. The van der Waals surface area contributed by atoms with Gasteiger partial charge in [0.05, 0.1) is 13.0 Å². The number of sulfonamides is 1. The number of rotatable bonds is 6. The SMILES string of the molecule is CC(C)N1CC2(C(N)=O)N(C(=O)[C]CN2S(=O)(=O)c2cc(Cl)ccc2F)C(Cc2ccc(Cl)cc2)C1=O. The van der Waals surface area contributed by atoms with E-state index in [-0.39, 0.29) is 11.4 Å². The second-order valence-electron chi connectivity index (χ2n) is 9.03. The zero-order chi connectivity index (χ0) is 27.3. The summed E-state index contributed by atoms with van der Waals surface area (Å²) in [4.78, 5) is 41.4. The standard InChI is InChI=1S/C24H23Cl2FN4O5S/c1-14(2)29-13-24(23(28)34)30(37(35,36)20-12-17(26)7-8-18(20)27)10-9-21(32)31(24)19(22(29)33)11-15-3-5-16(25)6-4-15/h3-8,12,14,19H,10-11,13H2,1-2H3,(H2,28,34). The van der Waals surface area contributed by atoms with Crippen molar-refractivity contribution in [1.82, 2.24) is 14.1 Å². The lowest BCUT2D eigenvalue weighted by molar-refractivity contribution is -0.182. The lowest BCUT2D eigenvalue weighted by Gasteiger charge is -2.58. The van der Waals surface area contributed by atoms with Gasteiger partial charge in [-0.05, 0) is 49.7 Å². The Kier molecular flexibility index (Phi) is 7.28. The molecule has 0 aliphatic carbocycles. The number of fused-ring (bicyclic) bond motifs is 1. The number of hydrogen-bond acceptors (Lipinski definition) is 5. The van der Waals surface area contributed by atoms with Crippen LogP contribution in [-0.2, 0) is 30.8 Å². The van der Waals surface area contributed by atoms with Crippen molar-refractivity contribution in [3.63, 3.8) is 0 Å². The van der Waals surface area contributed by atoms with E-state index in [0.717, 1.165) is 17.0 Å². The van der Waals surface area contributed by atoms with E-state index in [2.05, 4.69) is 6.42 Å². The molecule has 3 amide bonds. The van der Waals surface area contributed by atoms with E-state index >= 15 is 0 Å². The molecule has 2 saturated heterocycles. The maximum absolute atomic E-state index is 14.8. The van der Waals surface area contributed by atoms with Crippen molar-refractivity contribution >= 4 is 50.9 Å². The normalized spacial score (nSPS) is 22.9. The zero-order valence-corrected chi connectivity index (χ0v) is 22.1. The molecule has 2 aliphatic heterocycles. The highest BCUT2D eigenvalue weighted by molar-refractivity contribution is 7.89. The van der Waals surface area contributed by atoms with E-state index in [9.17, 15) is 27.2 Å². The van der Waals surface area contributed by atoms with Gasteiger partial charge in [-0.3, -0.25) is 14.4 Å². The number of primary amides is 1. The predicted molar refractivity (Wildman–Crippen MR) is 133 cm³/mol. The highest BCUT2D eigenvalue weighted by Gasteiger charge is 2.64. The van der Waals surface area contributed by atoms with E-state index in [1.165, 1.54) is 11.0 Å². The summed E-state index contributed by atoms with van der Waals surface area (Å²) in [5.41, 5.74) is 4.09. The molecule has 0 aromatic heterocycles. The van der Waals surface area contributed by atoms with Gasteiger partial charge in [0, 0.05) is 29.1 Å². The third-order valence-corrected chi connectivity index (χ3v) is 8.86. The van der Waals surface area contributed by atoms with E-state index in [1.54, 1.807) is 38.1 Å². The van der Waals surface area contributed by atoms with Gasteiger partial charge in [-0.2, -0.15) is 4.31 Å². The molecule has 37 heavy (non-hydrogen) atoms. The van der Waals surface area contributed by atoms with Crippen LogP contribution in [0.25, 0.3) is 0 Å². The van der Waals surface area contributed by atoms with Gasteiger partial charge in [0.1, 0.15) is 16.8 Å². The first kappa shape index (κ1) is 27.3. The third-order valence-electron chi connectivity index (χ3n) is 6.50. The maximum atomic E-state index is 14.8. The Balaban J connectivity index is 1.93. The molecule has 2 radical (unpaired) electrons. The summed E-state index contributed by atoms with van der Waals surface area (Å²) in [7, 11) is -4.82. The lowest BCUT2D eigenvalue weighted by atomic mass is 9.90. The van der Waals surface area contributed by atoms with Crippen molar-refractivity contribution in [3.05, 3.63) is 70.3 Å². The van der Waals surface area contributed by atoms with Crippen LogP contribution in [-0.4, -0.2) is 71.1 Å². The van der Waals surface area contributed by atoms with Crippen molar-refractivity contribution in [3.8, 4) is 0 Å². The molecule has 2 aliphatic rings. The first-order valence-corrected chi connectivity index (χ1v) is 13.4. The number of hydrogen-bond donors (Lipinski definition) is 1. The number of carbonyl (C=O) groups excluding carboxylic acids is 3. The van der Waals surface area contributed by atoms with Crippen molar-refractivity contribution in [2.75, 3.05) is 13.1 Å². The van der Waals surface area contributed by atoms with Crippen LogP contribution >= 0.6 is 23.2 Å². The van der Waals surface area contributed by atoms with Gasteiger partial charge in [0.2, 0.25) is 27.5 Å². The second kappa shape index (κ2) is 9.86. The number of nitrogens with zero attached hydrogens (tertiary/aromatic N) is 3. The fourth-order valence-corrected chi connectivity index (χ4v) is 6.73. The Hall–Kier alpha value is -2.73. The van der Waals surface area contributed by atoms with Gasteiger partial charge in [0.25, 0.3) is 5.91 Å². The third kappa shape index (κ3) is 4.58. The topological polar surface area (TPSA) is 121 Å². The number of carbonyl (C=O) groups is 3. The Bertz CT molecular complexity index is 1370. The summed E-state index contributed by atoms with van der Waals surface area (Å²) < 4.78 is 43.0. The molecule has 9 nitrogen and oxygen atoms in total. The van der Waals surface area contributed by atoms with Gasteiger partial charge in [-0.1, -0.05) is 35.3 Å². The largest absolute Gasteiger partial charge is 0.366 e. The Morgan fingerprint density at radius 3 is 2.38 bits per heavy atom. The monoisotopic (exact) mass is 568 g/mol. The molecule has 4 rings (SSSR count).